The molecule has 0 aliphatic carbocycles. The average molecular weight is 347 g/mol. The van der Waals surface area contributed by atoms with Crippen molar-refractivity contribution in [2.24, 2.45) is 11.1 Å². The number of halogens is 1. The molecule has 1 fully saturated rings. The Bertz CT molecular complexity index is 631. The molecule has 1 saturated heterocycles. The summed E-state index contributed by atoms with van der Waals surface area (Å²) >= 11 is 0. The Labute approximate surface area is 138 Å². The number of benzene rings is 1. The number of likely N-dealkylation sites (tertiary alicyclic amines) is 1. The van der Waals surface area contributed by atoms with Crippen molar-refractivity contribution >= 4 is 28.2 Å². The second-order valence-corrected chi connectivity index (χ2v) is 8.20. The summed E-state index contributed by atoms with van der Waals surface area (Å²) in [5, 5.41) is 0. The number of hydrogen-bond donors (Lipinski definition) is 1. The molecule has 124 valence electrons. The van der Waals surface area contributed by atoms with Gasteiger partial charge < -0.3 is 10.6 Å². The average Bonchev–Trinajstić information content (AvgIpc) is 2.90. The van der Waals surface area contributed by atoms with E-state index in [2.05, 4.69) is 6.92 Å². The predicted molar refractivity (Wildman–Crippen MR) is 89.1 cm³/mol. The van der Waals surface area contributed by atoms with Crippen LogP contribution in [0.4, 0.5) is 0 Å². The Balaban J connectivity index is 0.00000242. The van der Waals surface area contributed by atoms with Crippen molar-refractivity contribution in [3.8, 4) is 0 Å². The zero-order valence-electron chi connectivity index (χ0n) is 12.9. The third kappa shape index (κ3) is 3.80. The van der Waals surface area contributed by atoms with Crippen molar-refractivity contribution in [2.45, 2.75) is 25.2 Å². The number of rotatable bonds is 4. The Morgan fingerprint density at radius 3 is 2.36 bits per heavy atom. The van der Waals surface area contributed by atoms with E-state index in [1.165, 1.54) is 12.1 Å². The van der Waals surface area contributed by atoms with Gasteiger partial charge in [-0.25, -0.2) is 8.42 Å². The lowest BCUT2D eigenvalue weighted by atomic mass is 9.90. The molecule has 0 bridgehead atoms. The summed E-state index contributed by atoms with van der Waals surface area (Å²) in [5.74, 6) is -0.00557. The van der Waals surface area contributed by atoms with Gasteiger partial charge in [0.2, 0.25) is 0 Å². The van der Waals surface area contributed by atoms with Crippen molar-refractivity contribution in [2.75, 3.05) is 25.4 Å². The lowest BCUT2D eigenvalue weighted by Gasteiger charge is -2.22. The SMILES string of the molecule is CCS(=O)(=O)c1ccc(C(=O)N2CCC(C)(CN)C2)cc1.Cl. The van der Waals surface area contributed by atoms with Gasteiger partial charge in [0.05, 0.1) is 10.6 Å². The molecule has 1 unspecified atom stereocenters. The summed E-state index contributed by atoms with van der Waals surface area (Å²) in [6.07, 6.45) is 0.900. The van der Waals surface area contributed by atoms with Gasteiger partial charge in [-0.3, -0.25) is 4.79 Å². The summed E-state index contributed by atoms with van der Waals surface area (Å²) < 4.78 is 23.5. The molecule has 1 aliphatic heterocycles. The molecule has 0 aromatic heterocycles. The van der Waals surface area contributed by atoms with Crippen LogP contribution in [-0.4, -0.2) is 44.6 Å². The summed E-state index contributed by atoms with van der Waals surface area (Å²) in [7, 11) is -3.22. The van der Waals surface area contributed by atoms with Crippen LogP contribution in [0, 0.1) is 5.41 Å². The maximum Gasteiger partial charge on any atom is 0.253 e. The van der Waals surface area contributed by atoms with Crippen LogP contribution in [0.2, 0.25) is 0 Å². The van der Waals surface area contributed by atoms with Gasteiger partial charge in [-0.1, -0.05) is 13.8 Å². The van der Waals surface area contributed by atoms with E-state index >= 15 is 0 Å². The van der Waals surface area contributed by atoms with Gasteiger partial charge in [-0.05, 0) is 42.6 Å². The monoisotopic (exact) mass is 346 g/mol. The second-order valence-electron chi connectivity index (χ2n) is 5.92. The van der Waals surface area contributed by atoms with E-state index in [1.54, 1.807) is 24.0 Å². The topological polar surface area (TPSA) is 80.5 Å². The third-order valence-corrected chi connectivity index (χ3v) is 5.93. The van der Waals surface area contributed by atoms with Gasteiger partial charge in [0.1, 0.15) is 0 Å². The molecule has 1 atom stereocenters. The predicted octanol–water partition coefficient (Wildman–Crippen LogP) is 1.71. The Hall–Kier alpha value is -1.11. The highest BCUT2D eigenvalue weighted by Gasteiger charge is 2.35. The molecular weight excluding hydrogens is 324 g/mol. The summed E-state index contributed by atoms with van der Waals surface area (Å²) in [6.45, 7) is 5.59. The number of sulfone groups is 1. The number of carbonyl (C=O) groups is 1. The maximum atomic E-state index is 12.4. The van der Waals surface area contributed by atoms with Crippen LogP contribution in [-0.2, 0) is 9.84 Å². The highest BCUT2D eigenvalue weighted by atomic mass is 35.5. The second kappa shape index (κ2) is 6.98. The van der Waals surface area contributed by atoms with E-state index in [-0.39, 0.29) is 34.4 Å². The minimum atomic E-state index is -3.22. The molecule has 22 heavy (non-hydrogen) atoms. The van der Waals surface area contributed by atoms with Crippen molar-refractivity contribution in [1.82, 2.24) is 4.90 Å². The van der Waals surface area contributed by atoms with E-state index in [4.69, 9.17) is 5.73 Å². The van der Waals surface area contributed by atoms with E-state index in [9.17, 15) is 13.2 Å². The molecule has 1 heterocycles. The van der Waals surface area contributed by atoms with Crippen molar-refractivity contribution < 1.29 is 13.2 Å². The molecule has 0 radical (unpaired) electrons. The number of amides is 1. The lowest BCUT2D eigenvalue weighted by molar-refractivity contribution is 0.0777. The van der Waals surface area contributed by atoms with Gasteiger partial charge in [0, 0.05) is 18.7 Å². The molecule has 7 heteroatoms. The maximum absolute atomic E-state index is 12.4. The van der Waals surface area contributed by atoms with Crippen LogP contribution in [0.1, 0.15) is 30.6 Å². The minimum absolute atomic E-state index is 0. The fraction of sp³-hybridized carbons (Fsp3) is 0.533. The Kier molecular flexibility index (Phi) is 6.01. The third-order valence-electron chi connectivity index (χ3n) is 4.18. The first-order chi connectivity index (χ1) is 9.81. The quantitative estimate of drug-likeness (QED) is 0.900. The van der Waals surface area contributed by atoms with Crippen molar-refractivity contribution in [3.63, 3.8) is 0 Å². The van der Waals surface area contributed by atoms with Gasteiger partial charge >= 0.3 is 0 Å². The molecular formula is C15H23ClN2O3S. The summed E-state index contributed by atoms with van der Waals surface area (Å²) in [4.78, 5) is 14.5. The fourth-order valence-corrected chi connectivity index (χ4v) is 3.40. The zero-order valence-corrected chi connectivity index (χ0v) is 14.5. The molecule has 0 spiro atoms. The molecule has 0 saturated carbocycles. The van der Waals surface area contributed by atoms with Crippen LogP contribution in [0.15, 0.2) is 29.2 Å². The first-order valence-corrected chi connectivity index (χ1v) is 8.79. The molecule has 1 aromatic carbocycles. The minimum Gasteiger partial charge on any atom is -0.338 e. The molecule has 5 nitrogen and oxygen atoms in total. The van der Waals surface area contributed by atoms with Gasteiger partial charge in [0.15, 0.2) is 9.84 Å². The van der Waals surface area contributed by atoms with Crippen LogP contribution >= 0.6 is 12.4 Å². The van der Waals surface area contributed by atoms with Crippen molar-refractivity contribution in [3.05, 3.63) is 29.8 Å². The van der Waals surface area contributed by atoms with E-state index in [0.29, 0.717) is 25.2 Å². The highest BCUT2D eigenvalue weighted by Crippen LogP contribution is 2.29. The number of nitrogens with zero attached hydrogens (tertiary/aromatic N) is 1. The van der Waals surface area contributed by atoms with Gasteiger partial charge in [-0.2, -0.15) is 0 Å². The first-order valence-electron chi connectivity index (χ1n) is 7.13. The van der Waals surface area contributed by atoms with E-state index < -0.39 is 9.84 Å². The van der Waals surface area contributed by atoms with Gasteiger partial charge in [-0.15, -0.1) is 12.4 Å². The van der Waals surface area contributed by atoms with Crippen molar-refractivity contribution in [1.29, 1.82) is 0 Å². The number of carbonyl (C=O) groups excluding carboxylic acids is 1. The summed E-state index contributed by atoms with van der Waals surface area (Å²) in [6, 6.07) is 6.18. The van der Waals surface area contributed by atoms with Crippen LogP contribution in [0.25, 0.3) is 0 Å². The Morgan fingerprint density at radius 1 is 1.32 bits per heavy atom. The van der Waals surface area contributed by atoms with Crippen LogP contribution < -0.4 is 5.73 Å². The van der Waals surface area contributed by atoms with Crippen LogP contribution in [0.3, 0.4) is 0 Å². The zero-order chi connectivity index (χ0) is 15.7. The van der Waals surface area contributed by atoms with E-state index in [1.807, 2.05) is 0 Å². The molecule has 1 amide bonds. The van der Waals surface area contributed by atoms with E-state index in [0.717, 1.165) is 6.42 Å². The highest BCUT2D eigenvalue weighted by molar-refractivity contribution is 7.91. The first kappa shape index (κ1) is 18.9. The van der Waals surface area contributed by atoms with Gasteiger partial charge in [0.25, 0.3) is 5.91 Å². The molecule has 2 rings (SSSR count). The fourth-order valence-electron chi connectivity index (χ4n) is 2.52. The number of hydrogen-bond acceptors (Lipinski definition) is 4. The normalized spacial score (nSPS) is 21.5. The Morgan fingerprint density at radius 2 is 1.91 bits per heavy atom. The standard InChI is InChI=1S/C15H22N2O3S.ClH/c1-3-21(19,20)13-6-4-12(5-7-13)14(18)17-9-8-15(2,10-16)11-17;/h4-7H,3,8-11,16H2,1-2H3;1H. The molecule has 1 aromatic rings. The molecule has 1 aliphatic rings. The van der Waals surface area contributed by atoms with Crippen LogP contribution in [0.5, 0.6) is 0 Å². The lowest BCUT2D eigenvalue weighted by Crippen LogP contribution is -2.34. The largest absolute Gasteiger partial charge is 0.338 e. The smallest absolute Gasteiger partial charge is 0.253 e. The molecule has 2 N–H and O–H groups in total. The summed E-state index contributed by atoms with van der Waals surface area (Å²) in [5.41, 5.74) is 6.25. The number of nitrogens with two attached hydrogens (primary N) is 1.